The van der Waals surface area contributed by atoms with E-state index in [1.54, 1.807) is 0 Å². The molecule has 0 spiro atoms. The predicted molar refractivity (Wildman–Crippen MR) is 107 cm³/mol. The number of anilines is 4. The standard InChI is InChI=1S/C18H25N7O2/c1-4-23-7-9-24(10-8-23)17-15(25(26)27)16(19)21-18(22-17)20-14-6-5-12(2)13(3)11-14/h5-6,11H,4,7-10H2,1-3H3,(H3,19,20,21,22). The Balaban J connectivity index is 1.93. The first-order valence-electron chi connectivity index (χ1n) is 9.02. The lowest BCUT2D eigenvalue weighted by Gasteiger charge is -2.34. The molecule has 0 bridgehead atoms. The fraction of sp³-hybridized carbons (Fsp3) is 0.444. The summed E-state index contributed by atoms with van der Waals surface area (Å²) in [4.78, 5) is 23.8. The molecule has 0 radical (unpaired) electrons. The molecule has 1 aromatic heterocycles. The number of piperazine rings is 1. The Morgan fingerprint density at radius 3 is 2.48 bits per heavy atom. The first-order valence-corrected chi connectivity index (χ1v) is 9.02. The second kappa shape index (κ2) is 7.75. The molecule has 3 N–H and O–H groups in total. The number of nitrogens with zero attached hydrogens (tertiary/aromatic N) is 5. The van der Waals surface area contributed by atoms with Crippen molar-refractivity contribution in [3.63, 3.8) is 0 Å². The third-order valence-corrected chi connectivity index (χ3v) is 4.96. The lowest BCUT2D eigenvalue weighted by Crippen LogP contribution is -2.46. The van der Waals surface area contributed by atoms with Crippen molar-refractivity contribution in [2.75, 3.05) is 48.7 Å². The molecule has 9 nitrogen and oxygen atoms in total. The Hall–Kier alpha value is -2.94. The Kier molecular flexibility index (Phi) is 5.41. The minimum atomic E-state index is -0.503. The number of rotatable bonds is 5. The van der Waals surface area contributed by atoms with Crippen LogP contribution >= 0.6 is 0 Å². The van der Waals surface area contributed by atoms with Crippen molar-refractivity contribution in [2.45, 2.75) is 20.8 Å². The number of nitrogens with one attached hydrogen (secondary N) is 1. The van der Waals surface area contributed by atoms with E-state index in [1.807, 2.05) is 36.9 Å². The molecule has 144 valence electrons. The summed E-state index contributed by atoms with van der Waals surface area (Å²) in [6.07, 6.45) is 0. The van der Waals surface area contributed by atoms with Crippen LogP contribution in [0.2, 0.25) is 0 Å². The monoisotopic (exact) mass is 371 g/mol. The van der Waals surface area contributed by atoms with Gasteiger partial charge in [-0.3, -0.25) is 10.1 Å². The topological polar surface area (TPSA) is 113 Å². The molecule has 1 aliphatic heterocycles. The molecule has 27 heavy (non-hydrogen) atoms. The summed E-state index contributed by atoms with van der Waals surface area (Å²) >= 11 is 0. The largest absolute Gasteiger partial charge is 0.378 e. The summed E-state index contributed by atoms with van der Waals surface area (Å²) in [6.45, 7) is 10.1. The zero-order valence-electron chi connectivity index (χ0n) is 15.9. The lowest BCUT2D eigenvalue weighted by molar-refractivity contribution is -0.383. The fourth-order valence-corrected chi connectivity index (χ4v) is 3.14. The summed E-state index contributed by atoms with van der Waals surface area (Å²) in [7, 11) is 0. The molecular formula is C18H25N7O2. The highest BCUT2D eigenvalue weighted by Gasteiger charge is 2.29. The molecule has 1 aromatic carbocycles. The van der Waals surface area contributed by atoms with Gasteiger partial charge in [-0.2, -0.15) is 9.97 Å². The summed E-state index contributed by atoms with van der Waals surface area (Å²) < 4.78 is 0. The van der Waals surface area contributed by atoms with Gasteiger partial charge >= 0.3 is 5.69 Å². The molecule has 3 rings (SSSR count). The Labute approximate surface area is 158 Å². The van der Waals surface area contributed by atoms with Crippen LogP contribution in [-0.4, -0.2) is 52.5 Å². The van der Waals surface area contributed by atoms with Gasteiger partial charge in [0.15, 0.2) is 0 Å². The second-order valence-electron chi connectivity index (χ2n) is 6.71. The smallest absolute Gasteiger partial charge is 0.353 e. The maximum Gasteiger partial charge on any atom is 0.353 e. The van der Waals surface area contributed by atoms with Crippen LogP contribution in [-0.2, 0) is 0 Å². The molecule has 0 unspecified atom stereocenters. The maximum atomic E-state index is 11.5. The van der Waals surface area contributed by atoms with E-state index >= 15 is 0 Å². The zero-order chi connectivity index (χ0) is 19.6. The van der Waals surface area contributed by atoms with Crippen LogP contribution in [0.3, 0.4) is 0 Å². The van der Waals surface area contributed by atoms with Gasteiger partial charge in [-0.05, 0) is 43.7 Å². The van der Waals surface area contributed by atoms with Crippen LogP contribution in [0.4, 0.5) is 29.0 Å². The van der Waals surface area contributed by atoms with Crippen molar-refractivity contribution in [2.24, 2.45) is 0 Å². The van der Waals surface area contributed by atoms with Gasteiger partial charge in [0.25, 0.3) is 0 Å². The fourth-order valence-electron chi connectivity index (χ4n) is 3.14. The minimum absolute atomic E-state index is 0.130. The SMILES string of the molecule is CCN1CCN(c2nc(Nc3ccc(C)c(C)c3)nc(N)c2[N+](=O)[O-])CC1. The molecule has 0 atom stereocenters. The van der Waals surface area contributed by atoms with Crippen LogP contribution in [0.15, 0.2) is 18.2 Å². The van der Waals surface area contributed by atoms with E-state index in [-0.39, 0.29) is 23.3 Å². The van der Waals surface area contributed by atoms with Crippen molar-refractivity contribution in [3.05, 3.63) is 39.4 Å². The van der Waals surface area contributed by atoms with Crippen LogP contribution < -0.4 is 16.0 Å². The summed E-state index contributed by atoms with van der Waals surface area (Å²) in [5, 5.41) is 14.7. The van der Waals surface area contributed by atoms with E-state index in [1.165, 1.54) is 5.56 Å². The molecule has 0 amide bonds. The maximum absolute atomic E-state index is 11.5. The molecule has 1 aliphatic rings. The first-order chi connectivity index (χ1) is 12.9. The molecule has 1 saturated heterocycles. The normalized spacial score (nSPS) is 15.0. The number of hydrogen-bond acceptors (Lipinski definition) is 8. The van der Waals surface area contributed by atoms with Crippen molar-refractivity contribution in [1.82, 2.24) is 14.9 Å². The van der Waals surface area contributed by atoms with Gasteiger partial charge in [0.2, 0.25) is 17.6 Å². The van der Waals surface area contributed by atoms with Crippen LogP contribution in [0, 0.1) is 24.0 Å². The first kappa shape index (κ1) is 18.8. The minimum Gasteiger partial charge on any atom is -0.378 e. The average molecular weight is 371 g/mol. The van der Waals surface area contributed by atoms with Crippen molar-refractivity contribution in [1.29, 1.82) is 0 Å². The number of benzene rings is 1. The van der Waals surface area contributed by atoms with Gasteiger partial charge < -0.3 is 20.9 Å². The number of aryl methyl sites for hydroxylation is 2. The summed E-state index contributed by atoms with van der Waals surface area (Å²) in [6, 6.07) is 5.90. The second-order valence-corrected chi connectivity index (χ2v) is 6.71. The molecule has 2 aromatic rings. The van der Waals surface area contributed by atoms with Gasteiger partial charge in [-0.15, -0.1) is 0 Å². The zero-order valence-corrected chi connectivity index (χ0v) is 15.9. The highest BCUT2D eigenvalue weighted by Crippen LogP contribution is 2.33. The molecule has 0 aliphatic carbocycles. The van der Waals surface area contributed by atoms with Crippen molar-refractivity contribution in [3.8, 4) is 0 Å². The summed E-state index contributed by atoms with van der Waals surface area (Å²) in [5.41, 5.74) is 8.81. The molecule has 0 saturated carbocycles. The quantitative estimate of drug-likeness (QED) is 0.609. The number of nitrogens with two attached hydrogens (primary N) is 1. The average Bonchev–Trinajstić information content (AvgIpc) is 2.64. The molecular weight excluding hydrogens is 346 g/mol. The molecule has 2 heterocycles. The molecule has 9 heteroatoms. The number of hydrogen-bond donors (Lipinski definition) is 2. The van der Waals surface area contributed by atoms with E-state index < -0.39 is 4.92 Å². The Morgan fingerprint density at radius 2 is 1.89 bits per heavy atom. The number of aromatic nitrogens is 2. The van der Waals surface area contributed by atoms with E-state index in [4.69, 9.17) is 5.73 Å². The number of nitrogen functional groups attached to an aromatic ring is 1. The summed E-state index contributed by atoms with van der Waals surface area (Å²) in [5.74, 6) is 0.401. The van der Waals surface area contributed by atoms with Gasteiger partial charge in [0, 0.05) is 31.9 Å². The lowest BCUT2D eigenvalue weighted by atomic mass is 10.1. The van der Waals surface area contributed by atoms with Gasteiger partial charge in [-0.1, -0.05) is 13.0 Å². The van der Waals surface area contributed by atoms with Gasteiger partial charge in [-0.25, -0.2) is 0 Å². The van der Waals surface area contributed by atoms with Crippen molar-refractivity contribution < 1.29 is 4.92 Å². The predicted octanol–water partition coefficient (Wildman–Crippen LogP) is 2.47. The van der Waals surface area contributed by atoms with Crippen LogP contribution in [0.25, 0.3) is 0 Å². The van der Waals surface area contributed by atoms with Gasteiger partial charge in [0.1, 0.15) is 0 Å². The number of nitro groups is 1. The van der Waals surface area contributed by atoms with Gasteiger partial charge in [0.05, 0.1) is 4.92 Å². The van der Waals surface area contributed by atoms with E-state index in [0.717, 1.165) is 30.9 Å². The number of likely N-dealkylation sites (N-methyl/N-ethyl adjacent to an activating group) is 1. The Morgan fingerprint density at radius 1 is 1.19 bits per heavy atom. The van der Waals surface area contributed by atoms with Crippen LogP contribution in [0.5, 0.6) is 0 Å². The molecule has 1 fully saturated rings. The van der Waals surface area contributed by atoms with E-state index in [2.05, 4.69) is 27.1 Å². The Bertz CT molecular complexity index is 848. The van der Waals surface area contributed by atoms with Crippen LogP contribution in [0.1, 0.15) is 18.1 Å². The highest BCUT2D eigenvalue weighted by molar-refractivity contribution is 5.72. The van der Waals surface area contributed by atoms with Crippen molar-refractivity contribution >= 4 is 29.0 Å². The van der Waals surface area contributed by atoms with E-state index in [9.17, 15) is 10.1 Å². The van der Waals surface area contributed by atoms with E-state index in [0.29, 0.717) is 13.1 Å². The third kappa shape index (κ3) is 4.08. The highest BCUT2D eigenvalue weighted by atomic mass is 16.6. The third-order valence-electron chi connectivity index (χ3n) is 4.96.